The molecule has 12 nitrogen and oxygen atoms in total. The molecule has 2 N–H and O–H groups in total. The molecule has 1 saturated heterocycles. The lowest BCUT2D eigenvalue weighted by Crippen LogP contribution is -2.61. The number of rotatable bonds is 9. The van der Waals surface area contributed by atoms with E-state index < -0.39 is 35.4 Å². The molecule has 2 aliphatic heterocycles. The van der Waals surface area contributed by atoms with Gasteiger partial charge in [-0.3, -0.25) is 29.2 Å². The van der Waals surface area contributed by atoms with Crippen molar-refractivity contribution in [1.29, 1.82) is 0 Å². The van der Waals surface area contributed by atoms with E-state index in [1.165, 1.54) is 9.91 Å². The van der Waals surface area contributed by atoms with Crippen molar-refractivity contribution in [2.45, 2.75) is 98.0 Å². The first kappa shape index (κ1) is 40.6. The Morgan fingerprint density at radius 2 is 1.89 bits per heavy atom. The topological polar surface area (TPSA) is 135 Å². The highest BCUT2D eigenvalue weighted by molar-refractivity contribution is 5.95. The number of nitrogens with zero attached hydrogens (tertiary/aromatic N) is 4. The number of fused-ring (bicyclic) bond motifs is 6. The van der Waals surface area contributed by atoms with Crippen LogP contribution in [0, 0.1) is 11.3 Å². The minimum Gasteiger partial charge on any atom is -0.464 e. The van der Waals surface area contributed by atoms with Gasteiger partial charge in [0.1, 0.15) is 18.1 Å². The minimum absolute atomic E-state index is 0.159. The highest BCUT2D eigenvalue weighted by Crippen LogP contribution is 2.42. The van der Waals surface area contributed by atoms with E-state index in [1.54, 1.807) is 20.4 Å². The van der Waals surface area contributed by atoms with E-state index >= 15 is 0 Å². The van der Waals surface area contributed by atoms with Crippen molar-refractivity contribution in [2.24, 2.45) is 11.3 Å². The Balaban J connectivity index is 1.51. The third kappa shape index (κ3) is 8.36. The number of hydrogen-bond donors (Lipinski definition) is 2. The van der Waals surface area contributed by atoms with Crippen LogP contribution in [0.1, 0.15) is 77.3 Å². The van der Waals surface area contributed by atoms with Crippen LogP contribution >= 0.6 is 0 Å². The zero-order chi connectivity index (χ0) is 40.3. The molecule has 0 spiro atoms. The number of pyridine rings is 1. The summed E-state index contributed by atoms with van der Waals surface area (Å²) in [5.74, 6) is -1.42. The second-order valence-electron chi connectivity index (χ2n) is 16.3. The standard InChI is InChI=1S/C44H56N6O6/c1-9-49-37-18-17-31-23-33(37)34(40(49)32-15-11-19-45-38(32)28(4)55-8)24-44(5,6)25-56-43(54)35-16-12-20-50(47-35)42(53)36(22-29-13-10-14-30(31)21-29)46-41(52)39(27(2)3)48(7)26-51/h10-11,13-15,17-19,21,23,26-28,35-36,39,47H,9,12,16,20,22,24-25H2,1-8H3,(H,46,52)/t28-,35-,36-,39?/m0/s1. The van der Waals surface area contributed by atoms with E-state index in [4.69, 9.17) is 14.5 Å². The van der Waals surface area contributed by atoms with Crippen molar-refractivity contribution < 1.29 is 28.7 Å². The molecule has 0 aliphatic carbocycles. The Kier molecular flexibility index (Phi) is 12.3. The molecule has 12 heteroatoms. The number of aryl methyl sites for hydroxylation is 1. The number of nitrogens with one attached hydrogen (secondary N) is 2. The van der Waals surface area contributed by atoms with Crippen molar-refractivity contribution >= 4 is 35.1 Å². The van der Waals surface area contributed by atoms with Crippen LogP contribution in [0.5, 0.6) is 0 Å². The van der Waals surface area contributed by atoms with Crippen molar-refractivity contribution in [3.05, 3.63) is 77.6 Å². The summed E-state index contributed by atoms with van der Waals surface area (Å²) >= 11 is 0. The number of esters is 1. The van der Waals surface area contributed by atoms with Gasteiger partial charge in [0.15, 0.2) is 0 Å². The van der Waals surface area contributed by atoms with Gasteiger partial charge in [-0.1, -0.05) is 58.0 Å². The molecule has 2 aromatic heterocycles. The number of likely N-dealkylation sites (N-methyl/N-ethyl adjacent to an activating group) is 1. The molecule has 4 heterocycles. The summed E-state index contributed by atoms with van der Waals surface area (Å²) in [7, 11) is 3.25. The maximum Gasteiger partial charge on any atom is 0.324 e. The molecule has 0 saturated carbocycles. The van der Waals surface area contributed by atoms with Gasteiger partial charge in [-0.2, -0.15) is 0 Å². The Labute approximate surface area is 329 Å². The largest absolute Gasteiger partial charge is 0.464 e. The van der Waals surface area contributed by atoms with Gasteiger partial charge in [-0.15, -0.1) is 0 Å². The number of cyclic esters (lactones) is 1. The van der Waals surface area contributed by atoms with Gasteiger partial charge in [0.05, 0.1) is 24.1 Å². The third-order valence-electron chi connectivity index (χ3n) is 11.1. The molecule has 2 aromatic carbocycles. The monoisotopic (exact) mass is 764 g/mol. The molecule has 2 aliphatic rings. The summed E-state index contributed by atoms with van der Waals surface area (Å²) in [6, 6.07) is 16.1. The molecule has 6 rings (SSSR count). The Bertz CT molecular complexity index is 2090. The van der Waals surface area contributed by atoms with Gasteiger partial charge in [-0.05, 0) is 85.5 Å². The fraction of sp³-hybridized carbons (Fsp3) is 0.477. The van der Waals surface area contributed by atoms with E-state index in [9.17, 15) is 19.2 Å². The van der Waals surface area contributed by atoms with Gasteiger partial charge in [0.2, 0.25) is 12.3 Å². The first-order chi connectivity index (χ1) is 26.8. The predicted octanol–water partition coefficient (Wildman–Crippen LogP) is 5.86. The number of benzene rings is 2. The Morgan fingerprint density at radius 3 is 2.61 bits per heavy atom. The second-order valence-corrected chi connectivity index (χ2v) is 16.3. The van der Waals surface area contributed by atoms with E-state index in [-0.39, 0.29) is 31.0 Å². The third-order valence-corrected chi connectivity index (χ3v) is 11.1. The SMILES string of the molecule is CCn1c(-c2cccnc2[C@H](C)OC)c2c3cc(ccc31)-c1cccc(c1)C[C@H](NC(=O)C(C(C)C)N(C)C=O)C(=O)N1CCC[C@H](N1)C(=O)OCC(C)(C)C2. The highest BCUT2D eigenvalue weighted by Gasteiger charge is 2.37. The smallest absolute Gasteiger partial charge is 0.324 e. The summed E-state index contributed by atoms with van der Waals surface area (Å²) in [6.45, 7) is 13.3. The van der Waals surface area contributed by atoms with Gasteiger partial charge in [0, 0.05) is 61.7 Å². The zero-order valence-corrected chi connectivity index (χ0v) is 33.9. The van der Waals surface area contributed by atoms with Crippen LogP contribution < -0.4 is 10.7 Å². The van der Waals surface area contributed by atoms with Crippen molar-refractivity contribution in [3.8, 4) is 22.4 Å². The van der Waals surface area contributed by atoms with Crippen LogP contribution in [0.25, 0.3) is 33.3 Å². The molecule has 3 amide bonds. The van der Waals surface area contributed by atoms with E-state index in [0.717, 1.165) is 56.7 Å². The number of hydrogen-bond acceptors (Lipinski definition) is 8. The fourth-order valence-electron chi connectivity index (χ4n) is 8.27. The Hall–Kier alpha value is -5.07. The zero-order valence-electron chi connectivity index (χ0n) is 33.9. The van der Waals surface area contributed by atoms with Crippen molar-refractivity contribution in [1.82, 2.24) is 30.2 Å². The summed E-state index contributed by atoms with van der Waals surface area (Å²) in [4.78, 5) is 59.7. The molecule has 298 valence electrons. The van der Waals surface area contributed by atoms with Crippen LogP contribution in [0.3, 0.4) is 0 Å². The van der Waals surface area contributed by atoms with Gasteiger partial charge in [0.25, 0.3) is 5.91 Å². The maximum atomic E-state index is 14.3. The normalized spacial score (nSPS) is 19.9. The first-order valence-electron chi connectivity index (χ1n) is 19.7. The maximum absolute atomic E-state index is 14.3. The number of aromatic nitrogens is 2. The average molecular weight is 765 g/mol. The second kappa shape index (κ2) is 17.0. The lowest BCUT2D eigenvalue weighted by atomic mass is 9.84. The highest BCUT2D eigenvalue weighted by atomic mass is 16.5. The van der Waals surface area contributed by atoms with E-state index in [1.807, 2.05) is 39.0 Å². The number of amides is 3. The Morgan fingerprint density at radius 1 is 1.12 bits per heavy atom. The molecule has 1 fully saturated rings. The van der Waals surface area contributed by atoms with Gasteiger partial charge >= 0.3 is 5.97 Å². The number of ether oxygens (including phenoxy) is 2. The number of carbonyl (C=O) groups is 4. The van der Waals surface area contributed by atoms with Gasteiger partial charge in [-0.25, -0.2) is 5.43 Å². The number of hydrazine groups is 1. The summed E-state index contributed by atoms with van der Waals surface area (Å²) in [5.41, 5.74) is 10.6. The van der Waals surface area contributed by atoms with Crippen LogP contribution in [-0.2, 0) is 48.0 Å². The predicted molar refractivity (Wildman–Crippen MR) is 216 cm³/mol. The first-order valence-corrected chi connectivity index (χ1v) is 19.7. The number of methoxy groups -OCH3 is 1. The van der Waals surface area contributed by atoms with E-state index in [2.05, 4.69) is 72.5 Å². The molecule has 1 unspecified atom stereocenters. The van der Waals surface area contributed by atoms with Crippen molar-refractivity contribution in [3.63, 3.8) is 0 Å². The summed E-state index contributed by atoms with van der Waals surface area (Å²) < 4.78 is 14.2. The molecular formula is C44H56N6O6. The van der Waals surface area contributed by atoms with Crippen molar-refractivity contribution in [2.75, 3.05) is 27.3 Å². The molecule has 6 bridgehead atoms. The molecular weight excluding hydrogens is 709 g/mol. The van der Waals surface area contributed by atoms with Crippen LogP contribution in [0.15, 0.2) is 60.8 Å². The van der Waals surface area contributed by atoms with Crippen LogP contribution in [0.2, 0.25) is 0 Å². The molecule has 0 radical (unpaired) electrons. The molecule has 56 heavy (non-hydrogen) atoms. The average Bonchev–Trinajstić information content (AvgIpc) is 3.50. The molecule has 4 atom stereocenters. The minimum atomic E-state index is -0.975. The van der Waals surface area contributed by atoms with Crippen LogP contribution in [-0.4, -0.2) is 89.1 Å². The van der Waals surface area contributed by atoms with Crippen LogP contribution in [0.4, 0.5) is 0 Å². The van der Waals surface area contributed by atoms with Gasteiger partial charge < -0.3 is 24.3 Å². The number of carbonyl (C=O) groups excluding carboxylic acids is 4. The quantitative estimate of drug-likeness (QED) is 0.160. The summed E-state index contributed by atoms with van der Waals surface area (Å²) in [5, 5.41) is 5.52. The molecule has 4 aromatic rings. The van der Waals surface area contributed by atoms with E-state index in [0.29, 0.717) is 32.2 Å². The lowest BCUT2D eigenvalue weighted by Gasteiger charge is -2.36. The fourth-order valence-corrected chi connectivity index (χ4v) is 8.27. The lowest BCUT2D eigenvalue weighted by molar-refractivity contribution is -0.155. The summed E-state index contributed by atoms with van der Waals surface area (Å²) in [6.07, 6.45) is 4.07.